The number of hydrogen-bond donors (Lipinski definition) is 3. The molecule has 0 spiro atoms. The summed E-state index contributed by atoms with van der Waals surface area (Å²) in [7, 11) is 0. The fraction of sp³-hybridized carbons (Fsp3) is 0.429. The van der Waals surface area contributed by atoms with Gasteiger partial charge in [0.1, 0.15) is 0 Å². The monoisotopic (exact) mass is 554 g/mol. The van der Waals surface area contributed by atoms with E-state index >= 15 is 0 Å². The first-order valence-corrected chi connectivity index (χ1v) is 15.2. The second kappa shape index (κ2) is 16.1. The Morgan fingerprint density at radius 1 is 0.780 bits per heavy atom. The average Bonchev–Trinajstić information content (AvgIpc) is 3.01. The smallest absolute Gasteiger partial charge is 0.251 e. The molecule has 218 valence electrons. The molecular weight excluding hydrogens is 508 g/mol. The molecule has 1 saturated heterocycles. The quantitative estimate of drug-likeness (QED) is 0.239. The molecule has 6 heteroatoms. The van der Waals surface area contributed by atoms with Crippen molar-refractivity contribution < 1.29 is 9.59 Å². The fourth-order valence-electron chi connectivity index (χ4n) is 5.56. The Labute approximate surface area is 245 Å². The highest BCUT2D eigenvalue weighted by Gasteiger charge is 2.21. The standard InChI is InChI=1S/C35H46N4O2/c1-27-18-19-31(25-28(27)2)34(40)37-21-20-36-33(17-12-24-39-22-10-5-11-23-39)35(41)38-26-32(29-13-6-3-7-14-29)30-15-8-4-9-16-30/h3-4,6-9,13-16,18-19,25,32-33,36H,5,10-12,17,20-24,26H2,1-2H3,(H,37,40)(H,38,41)/t33-/m0/s1. The van der Waals surface area contributed by atoms with E-state index in [1.54, 1.807) is 0 Å². The van der Waals surface area contributed by atoms with Crippen molar-refractivity contribution in [1.29, 1.82) is 0 Å². The van der Waals surface area contributed by atoms with Gasteiger partial charge in [0.25, 0.3) is 5.91 Å². The first kappa shape index (κ1) is 30.5. The van der Waals surface area contributed by atoms with Gasteiger partial charge >= 0.3 is 0 Å². The van der Waals surface area contributed by atoms with E-state index in [0.29, 0.717) is 25.2 Å². The second-order valence-corrected chi connectivity index (χ2v) is 11.2. The molecule has 1 aliphatic heterocycles. The van der Waals surface area contributed by atoms with Crippen molar-refractivity contribution in [2.24, 2.45) is 0 Å². The van der Waals surface area contributed by atoms with Gasteiger partial charge in [0.15, 0.2) is 0 Å². The number of likely N-dealkylation sites (tertiary alicyclic amines) is 1. The molecule has 0 aliphatic carbocycles. The van der Waals surface area contributed by atoms with Crippen LogP contribution in [0.2, 0.25) is 0 Å². The largest absolute Gasteiger partial charge is 0.354 e. The molecular formula is C35H46N4O2. The summed E-state index contributed by atoms with van der Waals surface area (Å²) in [6, 6.07) is 26.1. The van der Waals surface area contributed by atoms with Crippen LogP contribution in [0, 0.1) is 13.8 Å². The molecule has 0 unspecified atom stereocenters. The second-order valence-electron chi connectivity index (χ2n) is 11.2. The highest BCUT2D eigenvalue weighted by molar-refractivity contribution is 5.94. The maximum Gasteiger partial charge on any atom is 0.251 e. The molecule has 0 radical (unpaired) electrons. The Kier molecular flexibility index (Phi) is 12.0. The van der Waals surface area contributed by atoms with Crippen molar-refractivity contribution in [3.8, 4) is 0 Å². The Balaban J connectivity index is 1.34. The van der Waals surface area contributed by atoms with E-state index in [2.05, 4.69) is 45.1 Å². The third kappa shape index (κ3) is 9.55. The van der Waals surface area contributed by atoms with Gasteiger partial charge in [0.2, 0.25) is 5.91 Å². The van der Waals surface area contributed by atoms with Crippen LogP contribution in [0.4, 0.5) is 0 Å². The van der Waals surface area contributed by atoms with E-state index in [1.807, 2.05) is 68.4 Å². The van der Waals surface area contributed by atoms with Gasteiger partial charge in [-0.05, 0) is 93.6 Å². The van der Waals surface area contributed by atoms with Crippen molar-refractivity contribution in [3.63, 3.8) is 0 Å². The lowest BCUT2D eigenvalue weighted by Crippen LogP contribution is -2.47. The highest BCUT2D eigenvalue weighted by atomic mass is 16.2. The van der Waals surface area contributed by atoms with Gasteiger partial charge in [-0.3, -0.25) is 9.59 Å². The molecule has 1 aliphatic rings. The van der Waals surface area contributed by atoms with Crippen LogP contribution in [-0.4, -0.2) is 62.0 Å². The molecule has 3 N–H and O–H groups in total. The van der Waals surface area contributed by atoms with E-state index in [1.165, 1.54) is 36.0 Å². The van der Waals surface area contributed by atoms with Crippen LogP contribution in [0.5, 0.6) is 0 Å². The van der Waals surface area contributed by atoms with E-state index in [4.69, 9.17) is 0 Å². The zero-order valence-corrected chi connectivity index (χ0v) is 24.7. The molecule has 1 heterocycles. The number of hydrogen-bond acceptors (Lipinski definition) is 4. The van der Waals surface area contributed by atoms with Gasteiger partial charge in [-0.25, -0.2) is 0 Å². The fourth-order valence-corrected chi connectivity index (χ4v) is 5.56. The predicted octanol–water partition coefficient (Wildman–Crippen LogP) is 5.21. The first-order chi connectivity index (χ1) is 20.0. The van der Waals surface area contributed by atoms with Crippen LogP contribution in [0.25, 0.3) is 0 Å². The van der Waals surface area contributed by atoms with E-state index in [9.17, 15) is 9.59 Å². The van der Waals surface area contributed by atoms with Crippen LogP contribution in [0.15, 0.2) is 78.9 Å². The normalized spacial score (nSPS) is 14.5. The van der Waals surface area contributed by atoms with Gasteiger partial charge in [0.05, 0.1) is 6.04 Å². The first-order valence-electron chi connectivity index (χ1n) is 15.2. The highest BCUT2D eigenvalue weighted by Crippen LogP contribution is 2.23. The molecule has 0 saturated carbocycles. The van der Waals surface area contributed by atoms with Crippen molar-refractivity contribution in [2.75, 3.05) is 39.3 Å². The molecule has 3 aromatic rings. The maximum absolute atomic E-state index is 13.5. The van der Waals surface area contributed by atoms with Crippen molar-refractivity contribution >= 4 is 11.8 Å². The van der Waals surface area contributed by atoms with Crippen LogP contribution < -0.4 is 16.0 Å². The van der Waals surface area contributed by atoms with Gasteiger partial charge in [-0.15, -0.1) is 0 Å². The average molecular weight is 555 g/mol. The lowest BCUT2D eigenvalue weighted by molar-refractivity contribution is -0.123. The third-order valence-electron chi connectivity index (χ3n) is 8.19. The zero-order chi connectivity index (χ0) is 28.9. The summed E-state index contributed by atoms with van der Waals surface area (Å²) >= 11 is 0. The number of nitrogens with one attached hydrogen (secondary N) is 3. The summed E-state index contributed by atoms with van der Waals surface area (Å²) in [6.45, 7) is 8.90. The maximum atomic E-state index is 13.5. The molecule has 3 aromatic carbocycles. The van der Waals surface area contributed by atoms with Gasteiger partial charge in [-0.2, -0.15) is 0 Å². The molecule has 1 fully saturated rings. The predicted molar refractivity (Wildman–Crippen MR) is 167 cm³/mol. The number of carbonyl (C=O) groups excluding carboxylic acids is 2. The van der Waals surface area contributed by atoms with Crippen LogP contribution >= 0.6 is 0 Å². The molecule has 4 rings (SSSR count). The molecule has 6 nitrogen and oxygen atoms in total. The summed E-state index contributed by atoms with van der Waals surface area (Å²) in [5.74, 6) is 0.00293. The number of amides is 2. The lowest BCUT2D eigenvalue weighted by atomic mass is 9.91. The number of nitrogens with zero attached hydrogens (tertiary/aromatic N) is 1. The Hall–Kier alpha value is -3.48. The Bertz CT molecular complexity index is 1190. The summed E-state index contributed by atoms with van der Waals surface area (Å²) in [5, 5.41) is 9.70. The van der Waals surface area contributed by atoms with Crippen molar-refractivity contribution in [3.05, 3.63) is 107 Å². The van der Waals surface area contributed by atoms with Crippen LogP contribution in [0.1, 0.15) is 70.6 Å². The van der Waals surface area contributed by atoms with E-state index < -0.39 is 0 Å². The minimum atomic E-state index is -0.314. The number of piperidine rings is 1. The van der Waals surface area contributed by atoms with E-state index in [-0.39, 0.29) is 23.8 Å². The topological polar surface area (TPSA) is 73.5 Å². The number of carbonyl (C=O) groups is 2. The van der Waals surface area contributed by atoms with Crippen LogP contribution in [-0.2, 0) is 4.79 Å². The van der Waals surface area contributed by atoms with Crippen LogP contribution in [0.3, 0.4) is 0 Å². The molecule has 1 atom stereocenters. The lowest BCUT2D eigenvalue weighted by Gasteiger charge is -2.27. The Morgan fingerprint density at radius 2 is 1.44 bits per heavy atom. The number of benzene rings is 3. The van der Waals surface area contributed by atoms with Crippen molar-refractivity contribution in [2.45, 2.75) is 57.9 Å². The number of rotatable bonds is 14. The molecule has 2 amide bonds. The number of aryl methyl sites for hydroxylation is 2. The minimum Gasteiger partial charge on any atom is -0.354 e. The van der Waals surface area contributed by atoms with Gasteiger partial charge < -0.3 is 20.9 Å². The third-order valence-corrected chi connectivity index (χ3v) is 8.19. The van der Waals surface area contributed by atoms with E-state index in [0.717, 1.165) is 38.0 Å². The van der Waals surface area contributed by atoms with Gasteiger partial charge in [-0.1, -0.05) is 73.2 Å². The molecule has 0 aromatic heterocycles. The van der Waals surface area contributed by atoms with Gasteiger partial charge in [0, 0.05) is 31.1 Å². The molecule has 41 heavy (non-hydrogen) atoms. The Morgan fingerprint density at radius 3 is 2.07 bits per heavy atom. The minimum absolute atomic E-state index is 0.0148. The summed E-state index contributed by atoms with van der Waals surface area (Å²) < 4.78 is 0. The van der Waals surface area contributed by atoms with Crippen molar-refractivity contribution in [1.82, 2.24) is 20.9 Å². The zero-order valence-electron chi connectivity index (χ0n) is 24.7. The summed E-state index contributed by atoms with van der Waals surface area (Å²) in [5.41, 5.74) is 5.30. The molecule has 0 bridgehead atoms. The SMILES string of the molecule is Cc1ccc(C(=O)NCCN[C@@H](CCCN2CCCCC2)C(=O)NCC(c2ccccc2)c2ccccc2)cc1C. The summed E-state index contributed by atoms with van der Waals surface area (Å²) in [4.78, 5) is 28.7. The summed E-state index contributed by atoms with van der Waals surface area (Å²) in [6.07, 6.45) is 5.57.